The van der Waals surface area contributed by atoms with Gasteiger partial charge in [-0.2, -0.15) is 0 Å². The van der Waals surface area contributed by atoms with E-state index >= 15 is 0 Å². The largest absolute Gasteiger partial charge is 0.378 e. The number of nitrogens with one attached hydrogen (secondary N) is 1. The van der Waals surface area contributed by atoms with Crippen LogP contribution in [0.5, 0.6) is 0 Å². The van der Waals surface area contributed by atoms with Crippen molar-refractivity contribution < 1.29 is 17.9 Å². The standard InChI is InChI=1S/C18H23N3O4S2/c1-2-16-17(26-21-20-16)18(22)19-10-8-13-12-15(9-11-25-13)27(23,24)14-6-4-3-5-7-14/h3-7,13,15H,2,8-12H2,1H3,(H,19,22)/t13-,15+/m1/s1. The van der Waals surface area contributed by atoms with Crippen LogP contribution in [0.2, 0.25) is 0 Å². The summed E-state index contributed by atoms with van der Waals surface area (Å²) in [5.41, 5.74) is 0.695. The molecule has 2 aromatic rings. The third kappa shape index (κ3) is 4.72. The van der Waals surface area contributed by atoms with Gasteiger partial charge in [0.15, 0.2) is 9.84 Å². The van der Waals surface area contributed by atoms with Gasteiger partial charge in [-0.05, 0) is 49.3 Å². The van der Waals surface area contributed by atoms with Gasteiger partial charge >= 0.3 is 0 Å². The number of hydrogen-bond donors (Lipinski definition) is 1. The number of hydrogen-bond acceptors (Lipinski definition) is 7. The summed E-state index contributed by atoms with van der Waals surface area (Å²) in [7, 11) is -3.36. The number of ether oxygens (including phenoxy) is 1. The van der Waals surface area contributed by atoms with Gasteiger partial charge in [-0.25, -0.2) is 8.42 Å². The monoisotopic (exact) mass is 409 g/mol. The van der Waals surface area contributed by atoms with Crippen LogP contribution in [-0.2, 0) is 21.0 Å². The molecule has 1 fully saturated rings. The fraction of sp³-hybridized carbons (Fsp3) is 0.500. The van der Waals surface area contributed by atoms with E-state index in [2.05, 4.69) is 14.9 Å². The molecule has 1 aromatic carbocycles. The minimum absolute atomic E-state index is 0.187. The second-order valence-corrected chi connectivity index (χ2v) is 9.43. The number of benzene rings is 1. The molecule has 9 heteroatoms. The van der Waals surface area contributed by atoms with Crippen LogP contribution in [0.25, 0.3) is 0 Å². The summed E-state index contributed by atoms with van der Waals surface area (Å²) in [6, 6.07) is 8.54. The Kier molecular flexibility index (Phi) is 6.56. The molecule has 7 nitrogen and oxygen atoms in total. The molecule has 1 aliphatic heterocycles. The average Bonchev–Trinajstić information content (AvgIpc) is 3.18. The lowest BCUT2D eigenvalue weighted by Crippen LogP contribution is -2.36. The van der Waals surface area contributed by atoms with E-state index < -0.39 is 15.1 Å². The molecular weight excluding hydrogens is 386 g/mol. The fourth-order valence-electron chi connectivity index (χ4n) is 3.17. The van der Waals surface area contributed by atoms with E-state index in [0.29, 0.717) is 54.3 Å². The van der Waals surface area contributed by atoms with Gasteiger partial charge in [0, 0.05) is 13.2 Å². The lowest BCUT2D eigenvalue weighted by Gasteiger charge is -2.29. The van der Waals surface area contributed by atoms with Crippen molar-refractivity contribution in [2.24, 2.45) is 0 Å². The lowest BCUT2D eigenvalue weighted by atomic mass is 10.1. The van der Waals surface area contributed by atoms with Gasteiger partial charge in [0.1, 0.15) is 4.88 Å². The van der Waals surface area contributed by atoms with Crippen molar-refractivity contribution in [3.05, 3.63) is 40.9 Å². The summed E-state index contributed by atoms with van der Waals surface area (Å²) in [4.78, 5) is 13.1. The molecule has 0 bridgehead atoms. The maximum atomic E-state index is 12.8. The highest BCUT2D eigenvalue weighted by atomic mass is 32.2. The Labute approximate surface area is 163 Å². The molecule has 1 saturated heterocycles. The first-order chi connectivity index (χ1) is 13.0. The quantitative estimate of drug-likeness (QED) is 0.753. The second-order valence-electron chi connectivity index (χ2n) is 6.44. The molecule has 0 spiro atoms. The zero-order valence-electron chi connectivity index (χ0n) is 15.1. The molecule has 0 aliphatic carbocycles. The SMILES string of the molecule is CCc1nnsc1C(=O)NCC[C@@H]1C[C@@H](S(=O)(=O)c2ccccc2)CCO1. The molecule has 0 saturated carbocycles. The highest BCUT2D eigenvalue weighted by molar-refractivity contribution is 7.92. The van der Waals surface area contributed by atoms with Crippen LogP contribution in [0, 0.1) is 0 Å². The maximum absolute atomic E-state index is 12.8. The molecule has 3 rings (SSSR count). The molecule has 146 valence electrons. The molecule has 27 heavy (non-hydrogen) atoms. The highest BCUT2D eigenvalue weighted by Gasteiger charge is 2.33. The van der Waals surface area contributed by atoms with Crippen LogP contribution < -0.4 is 5.32 Å². The van der Waals surface area contributed by atoms with Crippen molar-refractivity contribution >= 4 is 27.3 Å². The number of carbonyl (C=O) groups is 1. The smallest absolute Gasteiger partial charge is 0.264 e. The number of amides is 1. The minimum atomic E-state index is -3.36. The molecule has 0 radical (unpaired) electrons. The number of carbonyl (C=O) groups excluding carboxylic acids is 1. The predicted octanol–water partition coefficient (Wildman–Crippen LogP) is 2.24. The van der Waals surface area contributed by atoms with Crippen molar-refractivity contribution in [1.29, 1.82) is 0 Å². The van der Waals surface area contributed by atoms with Crippen molar-refractivity contribution in [2.75, 3.05) is 13.2 Å². The summed E-state index contributed by atoms with van der Waals surface area (Å²) in [6.45, 7) is 2.76. The van der Waals surface area contributed by atoms with Crippen LogP contribution in [-0.4, -0.2) is 48.4 Å². The van der Waals surface area contributed by atoms with Crippen molar-refractivity contribution in [1.82, 2.24) is 14.9 Å². The van der Waals surface area contributed by atoms with Gasteiger partial charge in [-0.15, -0.1) is 5.10 Å². The van der Waals surface area contributed by atoms with E-state index in [1.807, 2.05) is 6.92 Å². The Balaban J connectivity index is 1.54. The van der Waals surface area contributed by atoms with Crippen LogP contribution in [0.1, 0.15) is 41.6 Å². The van der Waals surface area contributed by atoms with Crippen molar-refractivity contribution in [2.45, 2.75) is 48.9 Å². The topological polar surface area (TPSA) is 98.3 Å². The number of aryl methyl sites for hydroxylation is 1. The normalized spacial score (nSPS) is 20.3. The molecule has 0 unspecified atom stereocenters. The van der Waals surface area contributed by atoms with E-state index in [9.17, 15) is 13.2 Å². The summed E-state index contributed by atoms with van der Waals surface area (Å²) in [5.74, 6) is -0.189. The van der Waals surface area contributed by atoms with Crippen molar-refractivity contribution in [3.8, 4) is 0 Å². The number of rotatable bonds is 7. The number of aromatic nitrogens is 2. The Morgan fingerprint density at radius 1 is 1.33 bits per heavy atom. The van der Waals surface area contributed by atoms with Crippen LogP contribution in [0.15, 0.2) is 35.2 Å². The first-order valence-corrected chi connectivity index (χ1v) is 11.3. The highest BCUT2D eigenvalue weighted by Crippen LogP contribution is 2.27. The maximum Gasteiger partial charge on any atom is 0.264 e. The second kappa shape index (κ2) is 8.90. The predicted molar refractivity (Wildman–Crippen MR) is 103 cm³/mol. The van der Waals surface area contributed by atoms with E-state index in [0.717, 1.165) is 11.5 Å². The molecule has 2 heterocycles. The Bertz CT molecular complexity index is 868. The Hall–Kier alpha value is -1.84. The minimum Gasteiger partial charge on any atom is -0.378 e. The summed E-state index contributed by atoms with van der Waals surface area (Å²) >= 11 is 1.09. The van der Waals surface area contributed by atoms with Crippen LogP contribution in [0.4, 0.5) is 0 Å². The zero-order valence-corrected chi connectivity index (χ0v) is 16.8. The van der Waals surface area contributed by atoms with E-state index in [4.69, 9.17) is 4.74 Å². The van der Waals surface area contributed by atoms with Crippen LogP contribution >= 0.6 is 11.5 Å². The lowest BCUT2D eigenvalue weighted by molar-refractivity contribution is 0.0132. The van der Waals surface area contributed by atoms with Gasteiger partial charge in [-0.1, -0.05) is 29.6 Å². The number of sulfone groups is 1. The fourth-order valence-corrected chi connectivity index (χ4v) is 5.63. The molecule has 1 N–H and O–H groups in total. The molecule has 1 amide bonds. The van der Waals surface area contributed by atoms with Gasteiger partial charge in [0.05, 0.1) is 21.9 Å². The van der Waals surface area contributed by atoms with Gasteiger partial charge < -0.3 is 10.1 Å². The number of nitrogens with zero attached hydrogens (tertiary/aromatic N) is 2. The molecule has 1 aliphatic rings. The average molecular weight is 410 g/mol. The zero-order chi connectivity index (χ0) is 19.3. The van der Waals surface area contributed by atoms with E-state index in [1.165, 1.54) is 0 Å². The third-order valence-electron chi connectivity index (χ3n) is 4.68. The van der Waals surface area contributed by atoms with E-state index in [1.54, 1.807) is 30.3 Å². The first-order valence-electron chi connectivity index (χ1n) is 9.02. The van der Waals surface area contributed by atoms with E-state index in [-0.39, 0.29) is 12.0 Å². The first kappa shape index (κ1) is 19.9. The molecule has 1 aromatic heterocycles. The third-order valence-corrected chi connectivity index (χ3v) is 7.68. The van der Waals surface area contributed by atoms with Crippen molar-refractivity contribution in [3.63, 3.8) is 0 Å². The van der Waals surface area contributed by atoms with Crippen LogP contribution in [0.3, 0.4) is 0 Å². The molecular formula is C18H23N3O4S2. The van der Waals surface area contributed by atoms with Gasteiger partial charge in [0.2, 0.25) is 0 Å². The Morgan fingerprint density at radius 3 is 2.85 bits per heavy atom. The summed E-state index contributed by atoms with van der Waals surface area (Å²) in [6.07, 6.45) is 1.97. The Morgan fingerprint density at radius 2 is 2.11 bits per heavy atom. The summed E-state index contributed by atoms with van der Waals surface area (Å²) < 4.78 is 35.1. The van der Waals surface area contributed by atoms with Gasteiger partial charge in [-0.3, -0.25) is 4.79 Å². The molecule has 2 atom stereocenters. The summed E-state index contributed by atoms with van der Waals surface area (Å²) in [5, 5.41) is 6.34. The van der Waals surface area contributed by atoms with Gasteiger partial charge in [0.25, 0.3) is 5.91 Å².